The predicted molar refractivity (Wildman–Crippen MR) is 109 cm³/mol. The van der Waals surface area contributed by atoms with Gasteiger partial charge in [0.25, 0.3) is 10.0 Å². The predicted octanol–water partition coefficient (Wildman–Crippen LogP) is 2.89. The molecule has 8 nitrogen and oxygen atoms in total. The number of hydrogen-bond acceptors (Lipinski definition) is 7. The monoisotopic (exact) mass is 451 g/mol. The third-order valence-electron chi connectivity index (χ3n) is 4.19. The first-order valence-electron chi connectivity index (χ1n) is 8.69. The van der Waals surface area contributed by atoms with Crippen molar-refractivity contribution in [3.63, 3.8) is 0 Å². The second-order valence-electron chi connectivity index (χ2n) is 6.14. The number of anilines is 1. The highest BCUT2D eigenvalue weighted by Crippen LogP contribution is 2.27. The third-order valence-corrected chi connectivity index (χ3v) is 7.20. The first-order chi connectivity index (χ1) is 14.2. The van der Waals surface area contributed by atoms with Gasteiger partial charge in [-0.25, -0.2) is 21.2 Å². The van der Waals surface area contributed by atoms with Crippen LogP contribution in [-0.4, -0.2) is 39.9 Å². The molecule has 0 saturated heterocycles. The second kappa shape index (κ2) is 8.36. The summed E-state index contributed by atoms with van der Waals surface area (Å²) in [5.41, 5.74) is 1.27. The van der Waals surface area contributed by atoms with Crippen LogP contribution in [0, 0.1) is 5.82 Å². The van der Waals surface area contributed by atoms with Gasteiger partial charge in [-0.15, -0.1) is 10.2 Å². The summed E-state index contributed by atoms with van der Waals surface area (Å²) >= 11 is 0. The summed E-state index contributed by atoms with van der Waals surface area (Å²) in [5.74, 6) is -0.775. The quantitative estimate of drug-likeness (QED) is 0.587. The SMILES string of the molecule is CCS(=O)(=O)c1ccc(-c2ccc(NS(=O)(=O)c3cc(F)ccc3OC)cc2)nn1. The number of sulfonamides is 1. The van der Waals surface area contributed by atoms with Crippen LogP contribution in [0.25, 0.3) is 11.3 Å². The summed E-state index contributed by atoms with van der Waals surface area (Å²) < 4.78 is 69.7. The number of sulfone groups is 1. The van der Waals surface area contributed by atoms with E-state index in [4.69, 9.17) is 4.74 Å². The van der Waals surface area contributed by atoms with Gasteiger partial charge >= 0.3 is 0 Å². The highest BCUT2D eigenvalue weighted by molar-refractivity contribution is 7.92. The summed E-state index contributed by atoms with van der Waals surface area (Å²) in [5, 5.41) is 7.56. The van der Waals surface area contributed by atoms with E-state index in [-0.39, 0.29) is 27.1 Å². The van der Waals surface area contributed by atoms with E-state index in [1.165, 1.54) is 44.4 Å². The normalized spacial score (nSPS) is 11.8. The van der Waals surface area contributed by atoms with E-state index in [1.807, 2.05) is 0 Å². The molecule has 0 radical (unpaired) electrons. The van der Waals surface area contributed by atoms with E-state index >= 15 is 0 Å². The molecule has 2 aromatic carbocycles. The zero-order valence-corrected chi connectivity index (χ0v) is 17.7. The van der Waals surface area contributed by atoms with Crippen molar-refractivity contribution < 1.29 is 26.0 Å². The fraction of sp³-hybridized carbons (Fsp3) is 0.158. The lowest BCUT2D eigenvalue weighted by Gasteiger charge is -2.12. The van der Waals surface area contributed by atoms with E-state index in [0.717, 1.165) is 12.1 Å². The highest BCUT2D eigenvalue weighted by atomic mass is 32.2. The van der Waals surface area contributed by atoms with Gasteiger partial charge in [0, 0.05) is 11.3 Å². The van der Waals surface area contributed by atoms with Crippen molar-refractivity contribution in [2.24, 2.45) is 0 Å². The summed E-state index contributed by atoms with van der Waals surface area (Å²) in [4.78, 5) is -0.326. The summed E-state index contributed by atoms with van der Waals surface area (Å²) in [6.07, 6.45) is 0. The molecule has 0 amide bonds. The molecule has 0 fully saturated rings. The molecule has 0 aliphatic heterocycles. The smallest absolute Gasteiger partial charge is 0.265 e. The van der Waals surface area contributed by atoms with Gasteiger partial charge in [-0.3, -0.25) is 4.72 Å². The summed E-state index contributed by atoms with van der Waals surface area (Å²) in [7, 11) is -6.25. The van der Waals surface area contributed by atoms with Gasteiger partial charge in [-0.1, -0.05) is 19.1 Å². The molecule has 158 valence electrons. The lowest BCUT2D eigenvalue weighted by atomic mass is 10.1. The van der Waals surface area contributed by atoms with Crippen LogP contribution in [0.15, 0.2) is 64.5 Å². The van der Waals surface area contributed by atoms with Crippen LogP contribution in [-0.2, 0) is 19.9 Å². The molecule has 0 atom stereocenters. The third kappa shape index (κ3) is 4.57. The topological polar surface area (TPSA) is 115 Å². The first kappa shape index (κ1) is 21.7. The van der Waals surface area contributed by atoms with E-state index in [1.54, 1.807) is 12.1 Å². The van der Waals surface area contributed by atoms with Crippen molar-refractivity contribution in [2.75, 3.05) is 17.6 Å². The molecule has 0 aliphatic rings. The lowest BCUT2D eigenvalue weighted by Crippen LogP contribution is -2.14. The standard InChI is InChI=1S/C19H18FN3O5S2/c1-3-29(24,25)19-11-9-16(21-22-19)13-4-7-15(8-5-13)23-30(26,27)18-12-14(20)6-10-17(18)28-2/h4-12,23H,3H2,1-2H3. The van der Waals surface area contributed by atoms with Gasteiger partial charge in [0.2, 0.25) is 0 Å². The largest absolute Gasteiger partial charge is 0.495 e. The van der Waals surface area contributed by atoms with Gasteiger partial charge in [-0.05, 0) is 42.5 Å². The zero-order chi connectivity index (χ0) is 21.9. The van der Waals surface area contributed by atoms with Crippen molar-refractivity contribution in [3.8, 4) is 17.0 Å². The minimum Gasteiger partial charge on any atom is -0.495 e. The van der Waals surface area contributed by atoms with E-state index in [2.05, 4.69) is 14.9 Å². The molecule has 30 heavy (non-hydrogen) atoms. The fourth-order valence-electron chi connectivity index (χ4n) is 2.57. The Morgan fingerprint density at radius 3 is 2.23 bits per heavy atom. The summed E-state index contributed by atoms with van der Waals surface area (Å²) in [6.45, 7) is 1.52. The zero-order valence-electron chi connectivity index (χ0n) is 16.0. The molecule has 0 aliphatic carbocycles. The molecule has 1 N–H and O–H groups in total. The van der Waals surface area contributed by atoms with Crippen molar-refractivity contribution in [3.05, 3.63) is 60.4 Å². The van der Waals surface area contributed by atoms with Crippen LogP contribution in [0.2, 0.25) is 0 Å². The Kier molecular flexibility index (Phi) is 6.04. The van der Waals surface area contributed by atoms with E-state index in [0.29, 0.717) is 11.3 Å². The van der Waals surface area contributed by atoms with Crippen molar-refractivity contribution >= 4 is 25.5 Å². The fourth-order valence-corrected chi connectivity index (χ4v) is 4.54. The molecular weight excluding hydrogens is 433 g/mol. The van der Waals surface area contributed by atoms with Gasteiger partial charge < -0.3 is 4.74 Å². The number of halogens is 1. The molecule has 11 heteroatoms. The summed E-state index contributed by atoms with van der Waals surface area (Å²) in [6, 6.07) is 12.3. The molecule has 3 aromatic rings. The minimum absolute atomic E-state index is 0.0120. The van der Waals surface area contributed by atoms with E-state index in [9.17, 15) is 21.2 Å². The Bertz CT molecular complexity index is 1260. The van der Waals surface area contributed by atoms with Gasteiger partial charge in [0.1, 0.15) is 16.5 Å². The average Bonchev–Trinajstić information content (AvgIpc) is 2.74. The number of rotatable bonds is 7. The number of benzene rings is 2. The van der Waals surface area contributed by atoms with Crippen LogP contribution in [0.1, 0.15) is 6.92 Å². The molecule has 0 unspecified atom stereocenters. The van der Waals surface area contributed by atoms with Crippen LogP contribution in [0.3, 0.4) is 0 Å². The Morgan fingerprint density at radius 2 is 1.67 bits per heavy atom. The molecule has 0 bridgehead atoms. The van der Waals surface area contributed by atoms with Gasteiger partial charge in [0.15, 0.2) is 14.9 Å². The minimum atomic E-state index is -4.09. The molecule has 3 rings (SSSR count). The molecule has 1 aromatic heterocycles. The number of ether oxygens (including phenoxy) is 1. The Hall–Kier alpha value is -3.05. The average molecular weight is 452 g/mol. The van der Waals surface area contributed by atoms with Gasteiger partial charge in [-0.2, -0.15) is 0 Å². The molecule has 1 heterocycles. The number of methoxy groups -OCH3 is 1. The first-order valence-corrected chi connectivity index (χ1v) is 11.8. The Balaban J connectivity index is 1.83. The molecule has 0 saturated carbocycles. The maximum Gasteiger partial charge on any atom is 0.265 e. The number of nitrogens with one attached hydrogen (secondary N) is 1. The van der Waals surface area contributed by atoms with E-state index < -0.39 is 25.7 Å². The maximum absolute atomic E-state index is 13.5. The number of nitrogens with zero attached hydrogens (tertiary/aromatic N) is 2. The Labute approximate surface area is 173 Å². The van der Waals surface area contributed by atoms with Crippen molar-refractivity contribution in [1.29, 1.82) is 0 Å². The highest BCUT2D eigenvalue weighted by Gasteiger charge is 2.21. The molecule has 0 spiro atoms. The Morgan fingerprint density at radius 1 is 0.967 bits per heavy atom. The lowest BCUT2D eigenvalue weighted by molar-refractivity contribution is 0.401. The van der Waals surface area contributed by atoms with Crippen LogP contribution < -0.4 is 9.46 Å². The van der Waals surface area contributed by atoms with Crippen LogP contribution in [0.4, 0.5) is 10.1 Å². The number of aromatic nitrogens is 2. The molecular formula is C19H18FN3O5S2. The van der Waals surface area contributed by atoms with Crippen LogP contribution >= 0.6 is 0 Å². The van der Waals surface area contributed by atoms with Crippen molar-refractivity contribution in [2.45, 2.75) is 16.8 Å². The maximum atomic E-state index is 13.5. The second-order valence-corrected chi connectivity index (χ2v) is 10.0. The number of hydrogen-bond donors (Lipinski definition) is 1. The van der Waals surface area contributed by atoms with Crippen LogP contribution in [0.5, 0.6) is 5.75 Å². The van der Waals surface area contributed by atoms with Crippen molar-refractivity contribution in [1.82, 2.24) is 10.2 Å². The van der Waals surface area contributed by atoms with Gasteiger partial charge in [0.05, 0.1) is 18.6 Å².